The number of carbonyl (C=O) groups is 1. The van der Waals surface area contributed by atoms with Crippen molar-refractivity contribution in [2.24, 2.45) is 0 Å². The van der Waals surface area contributed by atoms with Crippen LogP contribution in [0.3, 0.4) is 0 Å². The fourth-order valence-electron chi connectivity index (χ4n) is 2.36. The summed E-state index contributed by atoms with van der Waals surface area (Å²) in [7, 11) is 1.81. The van der Waals surface area contributed by atoms with Crippen LogP contribution in [0.1, 0.15) is 39.4 Å². The van der Waals surface area contributed by atoms with E-state index in [1.54, 1.807) is 4.90 Å². The van der Waals surface area contributed by atoms with Gasteiger partial charge < -0.3 is 14.7 Å². The van der Waals surface area contributed by atoms with Crippen LogP contribution in [0.2, 0.25) is 0 Å². The Hall–Kier alpha value is -1.35. The molecule has 1 aliphatic heterocycles. The van der Waals surface area contributed by atoms with Gasteiger partial charge in [0.25, 0.3) is 5.91 Å². The minimum absolute atomic E-state index is 0.00863. The molecule has 114 valence electrons. The van der Waals surface area contributed by atoms with E-state index in [4.69, 9.17) is 9.84 Å². The van der Waals surface area contributed by atoms with Gasteiger partial charge in [0.2, 0.25) is 0 Å². The van der Waals surface area contributed by atoms with Crippen molar-refractivity contribution < 1.29 is 14.6 Å². The number of aryl methyl sites for hydroxylation is 1. The van der Waals surface area contributed by atoms with Crippen molar-refractivity contribution in [1.82, 2.24) is 4.90 Å². The van der Waals surface area contributed by atoms with Gasteiger partial charge in [0.15, 0.2) is 0 Å². The van der Waals surface area contributed by atoms with Gasteiger partial charge in [-0.3, -0.25) is 4.79 Å². The lowest BCUT2D eigenvalue weighted by molar-refractivity contribution is -0.000100. The third-order valence-electron chi connectivity index (χ3n) is 3.51. The fraction of sp³-hybridized carbons (Fsp3) is 0.562. The third kappa shape index (κ3) is 4.31. The Kier molecular flexibility index (Phi) is 5.80. The van der Waals surface area contributed by atoms with E-state index in [-0.39, 0.29) is 18.6 Å². The van der Waals surface area contributed by atoms with Gasteiger partial charge in [-0.15, -0.1) is 11.3 Å². The van der Waals surface area contributed by atoms with Crippen molar-refractivity contribution in [1.29, 1.82) is 0 Å². The van der Waals surface area contributed by atoms with Crippen molar-refractivity contribution in [2.75, 3.05) is 26.8 Å². The summed E-state index contributed by atoms with van der Waals surface area (Å²) < 4.78 is 5.68. The second-order valence-electron chi connectivity index (χ2n) is 5.26. The van der Waals surface area contributed by atoms with Gasteiger partial charge in [0.1, 0.15) is 6.61 Å². The molecule has 4 nitrogen and oxygen atoms in total. The lowest BCUT2D eigenvalue weighted by atomic mass is 10.1. The van der Waals surface area contributed by atoms with Crippen LogP contribution in [-0.4, -0.2) is 48.8 Å². The molecular formula is C16H21NO3S. The van der Waals surface area contributed by atoms with Crippen LogP contribution in [0.15, 0.2) is 6.07 Å². The van der Waals surface area contributed by atoms with E-state index in [2.05, 4.69) is 11.8 Å². The first-order chi connectivity index (χ1) is 10.1. The van der Waals surface area contributed by atoms with Crippen LogP contribution in [0, 0.1) is 18.8 Å². The highest BCUT2D eigenvalue weighted by Gasteiger charge is 2.21. The Morgan fingerprint density at radius 2 is 2.38 bits per heavy atom. The molecule has 0 saturated carbocycles. The summed E-state index contributed by atoms with van der Waals surface area (Å²) >= 11 is 1.38. The third-order valence-corrected chi connectivity index (χ3v) is 4.65. The second-order valence-corrected chi connectivity index (χ2v) is 6.31. The Balaban J connectivity index is 2.01. The number of nitrogens with zero attached hydrogens (tertiary/aromatic N) is 1. The zero-order valence-electron chi connectivity index (χ0n) is 12.5. The summed E-state index contributed by atoms with van der Waals surface area (Å²) in [6, 6.07) is 1.87. The van der Waals surface area contributed by atoms with Crippen LogP contribution < -0.4 is 0 Å². The number of thiophene rings is 1. The van der Waals surface area contributed by atoms with E-state index in [0.29, 0.717) is 11.4 Å². The highest BCUT2D eigenvalue weighted by molar-refractivity contribution is 7.14. The van der Waals surface area contributed by atoms with Crippen molar-refractivity contribution in [2.45, 2.75) is 32.3 Å². The topological polar surface area (TPSA) is 49.8 Å². The molecule has 1 aromatic heterocycles. The van der Waals surface area contributed by atoms with Crippen LogP contribution >= 0.6 is 11.3 Å². The summed E-state index contributed by atoms with van der Waals surface area (Å²) in [5.41, 5.74) is 0.978. The lowest BCUT2D eigenvalue weighted by Gasteiger charge is -2.27. The average Bonchev–Trinajstić information content (AvgIpc) is 2.86. The maximum absolute atomic E-state index is 12.4. The molecule has 2 heterocycles. The fourth-order valence-corrected chi connectivity index (χ4v) is 3.40. The first-order valence-corrected chi connectivity index (χ1v) is 8.00. The maximum Gasteiger partial charge on any atom is 0.263 e. The second kappa shape index (κ2) is 7.60. The Labute approximate surface area is 129 Å². The van der Waals surface area contributed by atoms with Crippen molar-refractivity contribution in [3.63, 3.8) is 0 Å². The molecule has 1 unspecified atom stereocenters. The van der Waals surface area contributed by atoms with Crippen LogP contribution in [0.5, 0.6) is 0 Å². The van der Waals surface area contributed by atoms with Crippen molar-refractivity contribution in [3.05, 3.63) is 21.4 Å². The van der Waals surface area contributed by atoms with Crippen LogP contribution in [0.4, 0.5) is 0 Å². The molecule has 21 heavy (non-hydrogen) atoms. The van der Waals surface area contributed by atoms with Gasteiger partial charge in [0.05, 0.1) is 15.9 Å². The molecule has 5 heteroatoms. The lowest BCUT2D eigenvalue weighted by Crippen LogP contribution is -2.36. The largest absolute Gasteiger partial charge is 0.384 e. The van der Waals surface area contributed by atoms with Crippen LogP contribution in [-0.2, 0) is 4.74 Å². The summed E-state index contributed by atoms with van der Waals surface area (Å²) in [4.78, 5) is 15.7. The van der Waals surface area contributed by atoms with Gasteiger partial charge in [-0.05, 0) is 37.8 Å². The number of amides is 1. The first-order valence-electron chi connectivity index (χ1n) is 7.19. The smallest absolute Gasteiger partial charge is 0.263 e. The van der Waals surface area contributed by atoms with Crippen molar-refractivity contribution in [3.8, 4) is 11.8 Å². The molecule has 0 aliphatic carbocycles. The SMILES string of the molecule is Cc1cc(C(=O)N(C)CC2CCCCO2)sc1C#CCO. The summed E-state index contributed by atoms with van der Waals surface area (Å²) in [6.45, 7) is 3.19. The predicted molar refractivity (Wildman–Crippen MR) is 83.6 cm³/mol. The van der Waals surface area contributed by atoms with E-state index in [1.807, 2.05) is 20.0 Å². The van der Waals surface area contributed by atoms with Gasteiger partial charge >= 0.3 is 0 Å². The molecule has 0 aromatic carbocycles. The minimum atomic E-state index is -0.167. The molecular weight excluding hydrogens is 286 g/mol. The van der Waals surface area contributed by atoms with Gasteiger partial charge in [0, 0.05) is 20.2 Å². The van der Waals surface area contributed by atoms with E-state index < -0.39 is 0 Å². The van der Waals surface area contributed by atoms with E-state index in [1.165, 1.54) is 17.8 Å². The van der Waals surface area contributed by atoms with Gasteiger partial charge in [-0.25, -0.2) is 0 Å². The summed E-state index contributed by atoms with van der Waals surface area (Å²) in [6.07, 6.45) is 3.47. The standard InChI is InChI=1S/C16H21NO3S/c1-12-10-15(21-14(12)7-5-8-18)16(19)17(2)11-13-6-3-4-9-20-13/h10,13,18H,3-4,6,8-9,11H2,1-2H3. The average molecular weight is 307 g/mol. The number of aliphatic hydroxyl groups excluding tert-OH is 1. The number of carbonyl (C=O) groups excluding carboxylic acids is 1. The van der Waals surface area contributed by atoms with Gasteiger partial charge in [-0.1, -0.05) is 11.8 Å². The maximum atomic E-state index is 12.4. The molecule has 0 radical (unpaired) electrons. The molecule has 1 aliphatic rings. The summed E-state index contributed by atoms with van der Waals surface area (Å²) in [5.74, 6) is 5.51. The van der Waals surface area contributed by atoms with Crippen LogP contribution in [0.25, 0.3) is 0 Å². The van der Waals surface area contributed by atoms with Gasteiger partial charge in [-0.2, -0.15) is 0 Å². The van der Waals surface area contributed by atoms with E-state index in [9.17, 15) is 4.79 Å². The van der Waals surface area contributed by atoms with E-state index in [0.717, 1.165) is 29.9 Å². The Morgan fingerprint density at radius 3 is 3.05 bits per heavy atom. The molecule has 1 N–H and O–H groups in total. The first kappa shape index (κ1) is 16.0. The normalized spacial score (nSPS) is 18.0. The molecule has 1 saturated heterocycles. The number of likely N-dealkylation sites (N-methyl/N-ethyl adjacent to an activating group) is 1. The molecule has 1 amide bonds. The monoisotopic (exact) mass is 307 g/mol. The highest BCUT2D eigenvalue weighted by Crippen LogP contribution is 2.23. The Bertz CT molecular complexity index is 550. The minimum Gasteiger partial charge on any atom is -0.384 e. The predicted octanol–water partition coefficient (Wildman–Crippen LogP) is 2.04. The number of hydrogen-bond donors (Lipinski definition) is 1. The summed E-state index contributed by atoms with van der Waals surface area (Å²) in [5, 5.41) is 8.75. The molecule has 2 rings (SSSR count). The molecule has 1 atom stereocenters. The molecule has 0 spiro atoms. The zero-order valence-corrected chi connectivity index (χ0v) is 13.3. The molecule has 1 fully saturated rings. The Morgan fingerprint density at radius 1 is 1.57 bits per heavy atom. The number of rotatable bonds is 3. The quantitative estimate of drug-likeness (QED) is 0.870. The number of aliphatic hydroxyl groups is 1. The number of hydrogen-bond acceptors (Lipinski definition) is 4. The van der Waals surface area contributed by atoms with E-state index >= 15 is 0 Å². The molecule has 0 bridgehead atoms. The zero-order chi connectivity index (χ0) is 15.2. The highest BCUT2D eigenvalue weighted by atomic mass is 32.1. The molecule has 1 aromatic rings. The number of ether oxygens (including phenoxy) is 1. The van der Waals surface area contributed by atoms with Crippen molar-refractivity contribution >= 4 is 17.2 Å².